The van der Waals surface area contributed by atoms with Crippen LogP contribution in [-0.2, 0) is 0 Å². The summed E-state index contributed by atoms with van der Waals surface area (Å²) >= 11 is 0. The summed E-state index contributed by atoms with van der Waals surface area (Å²) in [5.41, 5.74) is 0. The Morgan fingerprint density at radius 3 is 1.56 bits per heavy atom. The summed E-state index contributed by atoms with van der Waals surface area (Å²) in [6.07, 6.45) is 0. The third-order valence-corrected chi connectivity index (χ3v) is 0.771. The van der Waals surface area contributed by atoms with Crippen molar-refractivity contribution in [2.24, 2.45) is 0 Å². The van der Waals surface area contributed by atoms with Crippen LogP contribution in [0.4, 0.5) is 0 Å². The van der Waals surface area contributed by atoms with Gasteiger partial charge in [-0.15, -0.1) is 0 Å². The van der Waals surface area contributed by atoms with E-state index in [4.69, 9.17) is 5.11 Å². The van der Waals surface area contributed by atoms with E-state index < -0.39 is 0 Å². The monoisotopic (exact) mass is 349 g/mol. The SMILES string of the molecule is C[N+](C)(C)CCO.[Cl-].[PbH2]. The van der Waals surface area contributed by atoms with Crippen molar-refractivity contribution in [1.82, 2.24) is 0 Å². The molecule has 0 rings (SSSR count). The number of halogens is 1. The molecule has 0 unspecified atom stereocenters. The summed E-state index contributed by atoms with van der Waals surface area (Å²) in [6, 6.07) is 0. The van der Waals surface area contributed by atoms with Crippen molar-refractivity contribution in [3.8, 4) is 0 Å². The third-order valence-electron chi connectivity index (χ3n) is 0.771. The van der Waals surface area contributed by atoms with Gasteiger partial charge in [0, 0.05) is 0 Å². The quantitative estimate of drug-likeness (QED) is 0.396. The molecule has 1 N–H and O–H groups in total. The summed E-state index contributed by atoms with van der Waals surface area (Å²) < 4.78 is 0.844. The summed E-state index contributed by atoms with van der Waals surface area (Å²) in [7, 11) is 6.16. The first-order valence-electron chi connectivity index (χ1n) is 2.47. The van der Waals surface area contributed by atoms with Gasteiger partial charge in [-0.25, -0.2) is 0 Å². The van der Waals surface area contributed by atoms with E-state index in [1.807, 2.05) is 0 Å². The number of rotatable bonds is 2. The van der Waals surface area contributed by atoms with Crippen LogP contribution in [0.3, 0.4) is 0 Å². The molecule has 0 amide bonds. The molecular formula is C5H16ClNOPb. The third kappa shape index (κ3) is 17.6. The van der Waals surface area contributed by atoms with Crippen LogP contribution in [0.15, 0.2) is 0 Å². The van der Waals surface area contributed by atoms with E-state index in [0.29, 0.717) is 0 Å². The second-order valence-electron chi connectivity index (χ2n) is 2.74. The molecule has 2 nitrogen and oxygen atoms in total. The molecule has 0 aromatic rings. The fraction of sp³-hybridized carbons (Fsp3) is 1.00. The zero-order chi connectivity index (χ0) is 5.91. The van der Waals surface area contributed by atoms with Gasteiger partial charge >= 0.3 is 27.3 Å². The Bertz CT molecular complexity index is 55.4. The number of likely N-dealkylation sites (N-methyl/N-ethyl adjacent to an activating group) is 1. The normalized spacial score (nSPS) is 9.33. The predicted octanol–water partition coefficient (Wildman–Crippen LogP) is -4.23. The van der Waals surface area contributed by atoms with E-state index in [1.165, 1.54) is 0 Å². The Morgan fingerprint density at radius 1 is 1.22 bits per heavy atom. The van der Waals surface area contributed by atoms with Crippen LogP contribution in [0, 0.1) is 0 Å². The molecule has 9 heavy (non-hydrogen) atoms. The summed E-state index contributed by atoms with van der Waals surface area (Å²) in [5, 5.41) is 8.39. The molecule has 0 saturated heterocycles. The summed E-state index contributed by atoms with van der Waals surface area (Å²) in [4.78, 5) is 0. The van der Waals surface area contributed by atoms with Crippen LogP contribution >= 0.6 is 0 Å². The number of nitrogens with zero attached hydrogens (tertiary/aromatic N) is 1. The summed E-state index contributed by atoms with van der Waals surface area (Å²) in [5.74, 6) is 0. The molecule has 0 heterocycles. The molecule has 0 fully saturated rings. The van der Waals surface area contributed by atoms with Crippen LogP contribution in [0.5, 0.6) is 0 Å². The number of aliphatic hydroxyl groups excluding tert-OH is 1. The van der Waals surface area contributed by atoms with Crippen LogP contribution in [0.2, 0.25) is 0 Å². The molecule has 0 aromatic carbocycles. The van der Waals surface area contributed by atoms with Gasteiger partial charge in [-0.05, 0) is 0 Å². The topological polar surface area (TPSA) is 20.2 Å². The van der Waals surface area contributed by atoms with Gasteiger partial charge in [0.05, 0.1) is 27.7 Å². The van der Waals surface area contributed by atoms with Crippen molar-refractivity contribution in [2.75, 3.05) is 34.3 Å². The minimum absolute atomic E-state index is 0. The van der Waals surface area contributed by atoms with E-state index in [-0.39, 0.29) is 46.3 Å². The average Bonchev–Trinajstić information content (AvgIpc) is 1.30. The zero-order valence-corrected chi connectivity index (χ0v) is 12.6. The first-order chi connectivity index (χ1) is 3.06. The maximum absolute atomic E-state index is 8.39. The molecule has 2 radical (unpaired) electrons. The number of hydrogen-bond donors (Lipinski definition) is 1. The van der Waals surface area contributed by atoms with Gasteiger partial charge in [0.2, 0.25) is 0 Å². The Morgan fingerprint density at radius 2 is 1.56 bits per heavy atom. The van der Waals surface area contributed by atoms with Crippen LogP contribution in [0.25, 0.3) is 0 Å². The fourth-order valence-corrected chi connectivity index (χ4v) is 0.300. The van der Waals surface area contributed by atoms with Crippen molar-refractivity contribution in [2.45, 2.75) is 0 Å². The zero-order valence-electron chi connectivity index (χ0n) is 6.39. The number of quaternary nitrogens is 1. The van der Waals surface area contributed by atoms with Crippen LogP contribution in [-0.4, -0.2) is 71.2 Å². The van der Waals surface area contributed by atoms with Gasteiger partial charge < -0.3 is 22.0 Å². The molecule has 0 aliphatic carbocycles. The number of hydrogen-bond acceptors (Lipinski definition) is 1. The second-order valence-corrected chi connectivity index (χ2v) is 2.74. The minimum atomic E-state index is 0. The van der Waals surface area contributed by atoms with Gasteiger partial charge in [-0.3, -0.25) is 0 Å². The Labute approximate surface area is 83.4 Å². The number of aliphatic hydroxyl groups is 1. The first kappa shape index (κ1) is 16.6. The molecule has 0 spiro atoms. The van der Waals surface area contributed by atoms with Crippen molar-refractivity contribution in [1.29, 1.82) is 0 Å². The Kier molecular flexibility index (Phi) is 13.4. The molecule has 58 valence electrons. The van der Waals surface area contributed by atoms with Gasteiger partial charge in [-0.2, -0.15) is 0 Å². The van der Waals surface area contributed by atoms with Crippen molar-refractivity contribution < 1.29 is 22.0 Å². The molecule has 4 heteroatoms. The molecule has 0 saturated carbocycles. The van der Waals surface area contributed by atoms with Gasteiger partial charge in [0.15, 0.2) is 0 Å². The Hall–Kier alpha value is 1.13. The van der Waals surface area contributed by atoms with E-state index in [2.05, 4.69) is 21.1 Å². The van der Waals surface area contributed by atoms with Crippen molar-refractivity contribution >= 4 is 27.3 Å². The van der Waals surface area contributed by atoms with Crippen LogP contribution in [0.1, 0.15) is 0 Å². The second kappa shape index (κ2) is 7.24. The van der Waals surface area contributed by atoms with Gasteiger partial charge in [0.25, 0.3) is 0 Å². The molecule has 0 aliphatic heterocycles. The van der Waals surface area contributed by atoms with E-state index in [1.54, 1.807) is 0 Å². The van der Waals surface area contributed by atoms with Crippen molar-refractivity contribution in [3.63, 3.8) is 0 Å². The fourth-order valence-electron chi connectivity index (χ4n) is 0.300. The van der Waals surface area contributed by atoms with E-state index in [9.17, 15) is 0 Å². The molecule has 0 bridgehead atoms. The molecular weight excluding hydrogens is 333 g/mol. The van der Waals surface area contributed by atoms with Gasteiger partial charge in [-0.1, -0.05) is 0 Å². The standard InChI is InChI=1S/C5H14NO.ClH.Pb.2H/c1-6(2,3)4-5-7;;;;/h7H,4-5H2,1-3H3;1H;;;/q+1;;;;/p-1. The predicted molar refractivity (Wildman–Crippen MR) is 38.5 cm³/mol. The van der Waals surface area contributed by atoms with Crippen LogP contribution < -0.4 is 12.4 Å². The first-order valence-corrected chi connectivity index (χ1v) is 2.47. The maximum atomic E-state index is 8.39. The van der Waals surface area contributed by atoms with Gasteiger partial charge in [0.1, 0.15) is 6.54 Å². The van der Waals surface area contributed by atoms with E-state index in [0.717, 1.165) is 11.0 Å². The molecule has 0 aromatic heterocycles. The molecule has 0 aliphatic rings. The Balaban J connectivity index is -0.000000180. The van der Waals surface area contributed by atoms with Crippen molar-refractivity contribution in [3.05, 3.63) is 0 Å². The summed E-state index contributed by atoms with van der Waals surface area (Å²) in [6.45, 7) is 1.11. The average molecular weight is 349 g/mol. The molecule has 0 atom stereocenters. The van der Waals surface area contributed by atoms with E-state index >= 15 is 0 Å².